The van der Waals surface area contributed by atoms with Crippen molar-refractivity contribution in [1.82, 2.24) is 5.32 Å². The summed E-state index contributed by atoms with van der Waals surface area (Å²) in [4.78, 5) is 23.8. The lowest BCUT2D eigenvalue weighted by molar-refractivity contribution is -0.116. The summed E-state index contributed by atoms with van der Waals surface area (Å²) < 4.78 is 0. The van der Waals surface area contributed by atoms with Crippen LogP contribution < -0.4 is 10.6 Å². The normalized spacial score (nSPS) is 12.5. The number of rotatable bonds is 5. The minimum Gasteiger partial charge on any atom is -0.352 e. The lowest BCUT2D eigenvalue weighted by atomic mass is 10.1. The summed E-state index contributed by atoms with van der Waals surface area (Å²) >= 11 is 0. The van der Waals surface area contributed by atoms with Crippen molar-refractivity contribution in [2.24, 2.45) is 0 Å². The first-order valence-electron chi connectivity index (χ1n) is 7.97. The van der Waals surface area contributed by atoms with E-state index in [0.29, 0.717) is 12.1 Å². The molecule has 2 aromatic carbocycles. The van der Waals surface area contributed by atoms with Gasteiger partial charge in [0.2, 0.25) is 5.91 Å². The van der Waals surface area contributed by atoms with Crippen molar-refractivity contribution in [2.45, 2.75) is 25.7 Å². The number of amides is 2. The van der Waals surface area contributed by atoms with Gasteiger partial charge < -0.3 is 10.6 Å². The van der Waals surface area contributed by atoms with E-state index < -0.39 is 0 Å². The standard InChI is InChI=1S/C19H20N2O2/c22-18(11-12-20-19(23)15-5-2-1-3-6-15)21-17-10-9-14-7-4-8-16(14)13-17/h1-3,5-6,9-10,13H,4,7-8,11-12H2,(H,20,23)(H,21,22). The van der Waals surface area contributed by atoms with Crippen molar-refractivity contribution in [1.29, 1.82) is 0 Å². The molecule has 4 heteroatoms. The van der Waals surface area contributed by atoms with Gasteiger partial charge in [0.15, 0.2) is 0 Å². The highest BCUT2D eigenvalue weighted by Gasteiger charge is 2.12. The fourth-order valence-corrected chi connectivity index (χ4v) is 2.85. The molecule has 0 radical (unpaired) electrons. The predicted octanol–water partition coefficient (Wildman–Crippen LogP) is 2.93. The van der Waals surface area contributed by atoms with Crippen molar-refractivity contribution in [3.63, 3.8) is 0 Å². The summed E-state index contributed by atoms with van der Waals surface area (Å²) in [7, 11) is 0. The number of hydrogen-bond donors (Lipinski definition) is 2. The molecule has 0 fully saturated rings. The van der Waals surface area contributed by atoms with Gasteiger partial charge >= 0.3 is 0 Å². The van der Waals surface area contributed by atoms with E-state index in [1.165, 1.54) is 17.5 Å². The summed E-state index contributed by atoms with van der Waals surface area (Å²) in [6.07, 6.45) is 3.68. The number of anilines is 1. The second-order valence-electron chi connectivity index (χ2n) is 5.76. The summed E-state index contributed by atoms with van der Waals surface area (Å²) in [5.74, 6) is -0.243. The Hall–Kier alpha value is -2.62. The predicted molar refractivity (Wildman–Crippen MR) is 90.5 cm³/mol. The van der Waals surface area contributed by atoms with Crippen LogP contribution in [0.25, 0.3) is 0 Å². The van der Waals surface area contributed by atoms with Crippen LogP contribution in [0.3, 0.4) is 0 Å². The van der Waals surface area contributed by atoms with E-state index in [1.807, 2.05) is 24.3 Å². The molecule has 2 amide bonds. The molecule has 2 N–H and O–H groups in total. The first kappa shape index (κ1) is 15.3. The third kappa shape index (κ3) is 3.97. The highest BCUT2D eigenvalue weighted by molar-refractivity contribution is 5.95. The summed E-state index contributed by atoms with van der Waals surface area (Å²) in [6.45, 7) is 0.324. The second kappa shape index (κ2) is 7.09. The van der Waals surface area contributed by atoms with Gasteiger partial charge in [-0.05, 0) is 54.7 Å². The van der Waals surface area contributed by atoms with Crippen molar-refractivity contribution in [3.8, 4) is 0 Å². The maximum absolute atomic E-state index is 12.0. The quantitative estimate of drug-likeness (QED) is 0.892. The highest BCUT2D eigenvalue weighted by atomic mass is 16.2. The van der Waals surface area contributed by atoms with E-state index in [9.17, 15) is 9.59 Å². The minimum absolute atomic E-state index is 0.0868. The van der Waals surface area contributed by atoms with E-state index in [4.69, 9.17) is 0 Å². The van der Waals surface area contributed by atoms with E-state index in [2.05, 4.69) is 22.8 Å². The van der Waals surface area contributed by atoms with Gasteiger partial charge in [0, 0.05) is 24.2 Å². The van der Waals surface area contributed by atoms with Crippen LogP contribution in [0.5, 0.6) is 0 Å². The van der Waals surface area contributed by atoms with Crippen LogP contribution >= 0.6 is 0 Å². The lowest BCUT2D eigenvalue weighted by Crippen LogP contribution is -2.27. The Labute approximate surface area is 135 Å². The molecule has 0 heterocycles. The fraction of sp³-hybridized carbons (Fsp3) is 0.263. The number of fused-ring (bicyclic) bond motifs is 1. The van der Waals surface area contributed by atoms with Crippen molar-refractivity contribution >= 4 is 17.5 Å². The molecular formula is C19H20N2O2. The van der Waals surface area contributed by atoms with Gasteiger partial charge in [-0.2, -0.15) is 0 Å². The molecule has 23 heavy (non-hydrogen) atoms. The van der Waals surface area contributed by atoms with Gasteiger partial charge in [-0.15, -0.1) is 0 Å². The average Bonchev–Trinajstić information content (AvgIpc) is 3.03. The number of benzene rings is 2. The smallest absolute Gasteiger partial charge is 0.251 e. The van der Waals surface area contributed by atoms with Gasteiger partial charge in [0.25, 0.3) is 5.91 Å². The molecule has 0 aromatic heterocycles. The monoisotopic (exact) mass is 308 g/mol. The first-order chi connectivity index (χ1) is 11.2. The van der Waals surface area contributed by atoms with Crippen LogP contribution in [0.15, 0.2) is 48.5 Å². The van der Waals surface area contributed by atoms with Crippen LogP contribution in [0.2, 0.25) is 0 Å². The highest BCUT2D eigenvalue weighted by Crippen LogP contribution is 2.24. The molecule has 0 atom stereocenters. The zero-order valence-electron chi connectivity index (χ0n) is 13.0. The maximum atomic E-state index is 12.0. The van der Waals surface area contributed by atoms with Crippen LogP contribution in [0, 0.1) is 0 Å². The van der Waals surface area contributed by atoms with Crippen molar-refractivity contribution in [2.75, 3.05) is 11.9 Å². The molecular weight excluding hydrogens is 288 g/mol. The van der Waals surface area contributed by atoms with E-state index >= 15 is 0 Å². The summed E-state index contributed by atoms with van der Waals surface area (Å²) in [5, 5.41) is 5.65. The lowest BCUT2D eigenvalue weighted by Gasteiger charge is -2.08. The van der Waals surface area contributed by atoms with E-state index in [1.54, 1.807) is 12.1 Å². The summed E-state index contributed by atoms with van der Waals surface area (Å²) in [6, 6.07) is 15.1. The van der Waals surface area contributed by atoms with Gasteiger partial charge in [-0.25, -0.2) is 0 Å². The molecule has 4 nitrogen and oxygen atoms in total. The van der Waals surface area contributed by atoms with Crippen LogP contribution in [0.4, 0.5) is 5.69 Å². The molecule has 1 aliphatic carbocycles. The molecule has 0 unspecified atom stereocenters. The molecule has 2 aromatic rings. The number of carbonyl (C=O) groups excluding carboxylic acids is 2. The molecule has 0 saturated heterocycles. The number of aryl methyl sites for hydroxylation is 2. The first-order valence-corrected chi connectivity index (χ1v) is 7.97. The number of carbonyl (C=O) groups is 2. The Morgan fingerprint density at radius 2 is 1.74 bits per heavy atom. The van der Waals surface area contributed by atoms with Crippen LogP contribution in [-0.2, 0) is 17.6 Å². The topological polar surface area (TPSA) is 58.2 Å². The van der Waals surface area contributed by atoms with Crippen LogP contribution in [-0.4, -0.2) is 18.4 Å². The van der Waals surface area contributed by atoms with E-state index in [-0.39, 0.29) is 18.2 Å². The van der Waals surface area contributed by atoms with Gasteiger partial charge in [-0.3, -0.25) is 9.59 Å². The number of hydrogen-bond acceptors (Lipinski definition) is 2. The molecule has 1 aliphatic rings. The molecule has 118 valence electrons. The van der Waals surface area contributed by atoms with Crippen LogP contribution in [0.1, 0.15) is 34.3 Å². The maximum Gasteiger partial charge on any atom is 0.251 e. The Bertz CT molecular complexity index is 711. The van der Waals surface area contributed by atoms with Gasteiger partial charge in [0.1, 0.15) is 0 Å². The third-order valence-electron chi connectivity index (χ3n) is 4.06. The molecule has 3 rings (SSSR count). The van der Waals surface area contributed by atoms with Gasteiger partial charge in [-0.1, -0.05) is 24.3 Å². The van der Waals surface area contributed by atoms with E-state index in [0.717, 1.165) is 18.5 Å². The molecule has 0 aliphatic heterocycles. The largest absolute Gasteiger partial charge is 0.352 e. The number of nitrogens with one attached hydrogen (secondary N) is 2. The zero-order chi connectivity index (χ0) is 16.1. The Morgan fingerprint density at radius 3 is 2.57 bits per heavy atom. The van der Waals surface area contributed by atoms with Gasteiger partial charge in [0.05, 0.1) is 0 Å². The zero-order valence-corrected chi connectivity index (χ0v) is 13.0. The molecule has 0 saturated carbocycles. The Morgan fingerprint density at radius 1 is 0.957 bits per heavy atom. The third-order valence-corrected chi connectivity index (χ3v) is 4.06. The summed E-state index contributed by atoms with van der Waals surface area (Å²) in [5.41, 5.74) is 4.16. The Kier molecular flexibility index (Phi) is 4.71. The minimum atomic E-state index is -0.157. The molecule has 0 bridgehead atoms. The SMILES string of the molecule is O=C(CCNC(=O)c1ccccc1)Nc1ccc2c(c1)CCC2. The Balaban J connectivity index is 1.46. The average molecular weight is 308 g/mol. The molecule has 0 spiro atoms. The van der Waals surface area contributed by atoms with Crippen molar-refractivity contribution in [3.05, 3.63) is 65.2 Å². The van der Waals surface area contributed by atoms with Crippen molar-refractivity contribution < 1.29 is 9.59 Å². The fourth-order valence-electron chi connectivity index (χ4n) is 2.85. The second-order valence-corrected chi connectivity index (χ2v) is 5.76.